The highest BCUT2D eigenvalue weighted by atomic mass is 32.2. The highest BCUT2D eigenvalue weighted by molar-refractivity contribution is 7.89. The molecule has 3 aromatic rings. The molecule has 1 aromatic carbocycles. The monoisotopic (exact) mass is 415 g/mol. The number of hydrogen-bond acceptors (Lipinski definition) is 5. The number of pyridine rings is 1. The number of nitrogens with zero attached hydrogens (tertiary/aromatic N) is 4. The number of benzene rings is 1. The Hall–Kier alpha value is -2.78. The maximum absolute atomic E-state index is 12.8. The molecule has 0 spiro atoms. The molecule has 2 heterocycles. The summed E-state index contributed by atoms with van der Waals surface area (Å²) in [4.78, 5) is 17.3. The quantitative estimate of drug-likeness (QED) is 0.690. The summed E-state index contributed by atoms with van der Waals surface area (Å²) in [5.41, 5.74) is 3.11. The van der Waals surface area contributed by atoms with Crippen molar-refractivity contribution in [1.29, 1.82) is 0 Å². The van der Waals surface area contributed by atoms with Crippen molar-refractivity contribution in [3.05, 3.63) is 47.3 Å². The van der Waals surface area contributed by atoms with E-state index in [-0.39, 0.29) is 16.8 Å². The number of hydrogen-bond donors (Lipinski definition) is 1. The molecule has 3 rings (SSSR count). The van der Waals surface area contributed by atoms with E-state index in [0.717, 1.165) is 20.8 Å². The minimum absolute atomic E-state index is 0.132. The summed E-state index contributed by atoms with van der Waals surface area (Å²) >= 11 is 0. The van der Waals surface area contributed by atoms with Gasteiger partial charge in [-0.2, -0.15) is 5.10 Å². The van der Waals surface area contributed by atoms with Crippen molar-refractivity contribution in [2.75, 3.05) is 19.4 Å². The van der Waals surface area contributed by atoms with E-state index in [9.17, 15) is 13.2 Å². The summed E-state index contributed by atoms with van der Waals surface area (Å²) in [5.74, 6) is -0.362. The number of carbonyl (C=O) groups excluding carboxylic acids is 1. The molecule has 2 aromatic heterocycles. The average molecular weight is 416 g/mol. The summed E-state index contributed by atoms with van der Waals surface area (Å²) in [6, 6.07) is 4.98. The van der Waals surface area contributed by atoms with Gasteiger partial charge in [-0.1, -0.05) is 0 Å². The second-order valence-electron chi connectivity index (χ2n) is 7.47. The van der Waals surface area contributed by atoms with Gasteiger partial charge >= 0.3 is 0 Å². The number of aryl methyl sites for hydroxylation is 1. The van der Waals surface area contributed by atoms with Crippen LogP contribution in [0, 0.1) is 13.8 Å². The van der Waals surface area contributed by atoms with Crippen LogP contribution in [0.1, 0.15) is 41.4 Å². The fourth-order valence-electron chi connectivity index (χ4n) is 2.95. The zero-order chi connectivity index (χ0) is 21.5. The van der Waals surface area contributed by atoms with Crippen LogP contribution in [-0.2, 0) is 10.0 Å². The molecule has 0 bridgehead atoms. The maximum Gasteiger partial charge on any atom is 0.257 e. The lowest BCUT2D eigenvalue weighted by Gasteiger charge is -2.16. The zero-order valence-corrected chi connectivity index (χ0v) is 18.2. The fourth-order valence-corrected chi connectivity index (χ4v) is 3.97. The molecule has 8 nitrogen and oxygen atoms in total. The van der Waals surface area contributed by atoms with Crippen molar-refractivity contribution in [3.8, 4) is 0 Å². The highest BCUT2D eigenvalue weighted by Gasteiger charge is 2.21. The molecule has 0 radical (unpaired) electrons. The summed E-state index contributed by atoms with van der Waals surface area (Å²) in [6.07, 6.45) is 3.18. The third-order valence-corrected chi connectivity index (χ3v) is 6.65. The van der Waals surface area contributed by atoms with Gasteiger partial charge in [0.2, 0.25) is 10.0 Å². The van der Waals surface area contributed by atoms with Gasteiger partial charge in [0.1, 0.15) is 0 Å². The van der Waals surface area contributed by atoms with Crippen LogP contribution in [0.4, 0.5) is 5.69 Å². The van der Waals surface area contributed by atoms with Gasteiger partial charge in [-0.25, -0.2) is 22.4 Å². The second kappa shape index (κ2) is 7.57. The van der Waals surface area contributed by atoms with Crippen molar-refractivity contribution >= 4 is 32.7 Å². The van der Waals surface area contributed by atoms with E-state index in [1.54, 1.807) is 23.0 Å². The Balaban J connectivity index is 1.96. The lowest BCUT2D eigenvalue weighted by molar-refractivity contribution is 0.102. The van der Waals surface area contributed by atoms with E-state index in [1.165, 1.54) is 26.4 Å². The van der Waals surface area contributed by atoms with Gasteiger partial charge in [-0.05, 0) is 57.0 Å². The van der Waals surface area contributed by atoms with E-state index in [1.807, 2.05) is 27.7 Å². The van der Waals surface area contributed by atoms with Crippen molar-refractivity contribution in [1.82, 2.24) is 19.1 Å². The number of sulfonamides is 1. The second-order valence-corrected chi connectivity index (χ2v) is 9.63. The Kier molecular flexibility index (Phi) is 5.46. The lowest BCUT2D eigenvalue weighted by atomic mass is 10.1. The lowest BCUT2D eigenvalue weighted by Crippen LogP contribution is -2.23. The first-order valence-corrected chi connectivity index (χ1v) is 10.6. The molecule has 0 atom stereocenters. The standard InChI is InChI=1S/C20H25N5O3S/c1-12(2)25-19-15(11-22-25)8-16(10-21-19)20(26)23-18-9-17(7-13(3)14(18)4)29(27,28)24(5)6/h7-12H,1-6H3,(H,23,26). The number of rotatable bonds is 5. The van der Waals surface area contributed by atoms with Crippen LogP contribution in [0.25, 0.3) is 11.0 Å². The van der Waals surface area contributed by atoms with Crippen LogP contribution < -0.4 is 5.32 Å². The number of anilines is 1. The van der Waals surface area contributed by atoms with E-state index in [4.69, 9.17) is 0 Å². The Morgan fingerprint density at radius 1 is 1.14 bits per heavy atom. The molecule has 0 saturated carbocycles. The minimum Gasteiger partial charge on any atom is -0.322 e. The van der Waals surface area contributed by atoms with Crippen LogP contribution in [0.3, 0.4) is 0 Å². The summed E-state index contributed by atoms with van der Waals surface area (Å²) in [7, 11) is -0.668. The molecular weight excluding hydrogens is 390 g/mol. The smallest absolute Gasteiger partial charge is 0.257 e. The Bertz CT molecular complexity index is 1200. The van der Waals surface area contributed by atoms with Crippen molar-refractivity contribution in [2.45, 2.75) is 38.6 Å². The molecule has 0 unspecified atom stereocenters. The number of nitrogens with one attached hydrogen (secondary N) is 1. The Labute approximate surface area is 170 Å². The van der Waals surface area contributed by atoms with E-state index < -0.39 is 10.0 Å². The third kappa shape index (κ3) is 3.88. The molecule has 9 heteroatoms. The number of aromatic nitrogens is 3. The maximum atomic E-state index is 12.8. The predicted molar refractivity (Wildman–Crippen MR) is 113 cm³/mol. The molecule has 154 valence electrons. The SMILES string of the molecule is Cc1cc(S(=O)(=O)N(C)C)cc(NC(=O)c2cnc3c(cnn3C(C)C)c2)c1C. The molecule has 0 aliphatic carbocycles. The van der Waals surface area contributed by atoms with E-state index in [0.29, 0.717) is 16.9 Å². The van der Waals surface area contributed by atoms with Crippen molar-refractivity contribution < 1.29 is 13.2 Å². The van der Waals surface area contributed by atoms with Gasteiger partial charge in [0.05, 0.1) is 16.7 Å². The molecule has 29 heavy (non-hydrogen) atoms. The summed E-state index contributed by atoms with van der Waals surface area (Å²) < 4.78 is 27.9. The first-order valence-electron chi connectivity index (χ1n) is 9.20. The van der Waals surface area contributed by atoms with Crippen LogP contribution in [-0.4, -0.2) is 47.5 Å². The van der Waals surface area contributed by atoms with Gasteiger partial charge in [-0.15, -0.1) is 0 Å². The topological polar surface area (TPSA) is 97.2 Å². The Morgan fingerprint density at radius 2 is 1.83 bits per heavy atom. The summed E-state index contributed by atoms with van der Waals surface area (Å²) in [6.45, 7) is 7.67. The molecule has 0 fully saturated rings. The van der Waals surface area contributed by atoms with E-state index in [2.05, 4.69) is 15.4 Å². The molecule has 0 saturated heterocycles. The number of amides is 1. The number of fused-ring (bicyclic) bond motifs is 1. The number of carbonyl (C=O) groups is 1. The normalized spacial score (nSPS) is 12.1. The van der Waals surface area contributed by atoms with Gasteiger partial charge in [-0.3, -0.25) is 4.79 Å². The average Bonchev–Trinajstić information content (AvgIpc) is 3.08. The molecule has 0 aliphatic rings. The van der Waals surface area contributed by atoms with Gasteiger partial charge in [0, 0.05) is 37.4 Å². The van der Waals surface area contributed by atoms with Gasteiger partial charge in [0.25, 0.3) is 5.91 Å². The predicted octanol–water partition coefficient (Wildman–Crippen LogP) is 3.13. The van der Waals surface area contributed by atoms with Crippen molar-refractivity contribution in [2.24, 2.45) is 0 Å². The molecule has 1 N–H and O–H groups in total. The molecule has 0 aliphatic heterocycles. The van der Waals surface area contributed by atoms with Crippen LogP contribution in [0.5, 0.6) is 0 Å². The van der Waals surface area contributed by atoms with Crippen LogP contribution in [0.2, 0.25) is 0 Å². The van der Waals surface area contributed by atoms with Gasteiger partial charge in [0.15, 0.2) is 5.65 Å². The highest BCUT2D eigenvalue weighted by Crippen LogP contribution is 2.26. The first kappa shape index (κ1) is 20.9. The zero-order valence-electron chi connectivity index (χ0n) is 17.4. The third-order valence-electron chi connectivity index (χ3n) is 4.85. The largest absolute Gasteiger partial charge is 0.322 e. The van der Waals surface area contributed by atoms with Crippen LogP contribution in [0.15, 0.2) is 35.5 Å². The Morgan fingerprint density at radius 3 is 2.45 bits per heavy atom. The van der Waals surface area contributed by atoms with Gasteiger partial charge < -0.3 is 5.32 Å². The molecular formula is C20H25N5O3S. The van der Waals surface area contributed by atoms with E-state index >= 15 is 0 Å². The summed E-state index contributed by atoms with van der Waals surface area (Å²) in [5, 5.41) is 7.90. The van der Waals surface area contributed by atoms with Crippen LogP contribution >= 0.6 is 0 Å². The first-order chi connectivity index (χ1) is 13.5. The minimum atomic E-state index is -3.61. The molecule has 1 amide bonds. The van der Waals surface area contributed by atoms with Crippen molar-refractivity contribution in [3.63, 3.8) is 0 Å². The fraction of sp³-hybridized carbons (Fsp3) is 0.350.